The van der Waals surface area contributed by atoms with Gasteiger partial charge in [-0.15, -0.1) is 0 Å². The quantitative estimate of drug-likeness (QED) is 0.891. The van der Waals surface area contributed by atoms with E-state index in [9.17, 15) is 13.2 Å². The van der Waals surface area contributed by atoms with E-state index >= 15 is 0 Å². The molecule has 116 valence electrons. The molecule has 1 unspecified atom stereocenters. The van der Waals surface area contributed by atoms with E-state index in [2.05, 4.69) is 5.32 Å². The van der Waals surface area contributed by atoms with E-state index in [1.54, 1.807) is 11.8 Å². The van der Waals surface area contributed by atoms with Gasteiger partial charge in [0.1, 0.15) is 9.84 Å². The Bertz CT molecular complexity index is 613. The van der Waals surface area contributed by atoms with Crippen molar-refractivity contribution in [2.45, 2.75) is 32.9 Å². The van der Waals surface area contributed by atoms with Crippen molar-refractivity contribution in [1.29, 1.82) is 0 Å². The predicted molar refractivity (Wildman–Crippen MR) is 84.0 cm³/mol. The molecular weight excluding hydrogens is 288 g/mol. The normalized spacial score (nSPS) is 19.2. The van der Waals surface area contributed by atoms with Crippen molar-refractivity contribution in [2.75, 3.05) is 23.0 Å². The number of amides is 1. The summed E-state index contributed by atoms with van der Waals surface area (Å²) >= 11 is 0. The summed E-state index contributed by atoms with van der Waals surface area (Å²) in [7, 11) is -2.99. The van der Waals surface area contributed by atoms with Crippen LogP contribution in [-0.2, 0) is 21.2 Å². The Hall–Kier alpha value is -1.40. The molecule has 2 rings (SSSR count). The second-order valence-electron chi connectivity index (χ2n) is 5.31. The van der Waals surface area contributed by atoms with Crippen LogP contribution in [0.25, 0.3) is 0 Å². The fraction of sp³-hybridized carbons (Fsp3) is 0.533. The molecule has 0 spiro atoms. The van der Waals surface area contributed by atoms with Crippen molar-refractivity contribution in [3.8, 4) is 0 Å². The van der Waals surface area contributed by atoms with Crippen LogP contribution >= 0.6 is 0 Å². The molecule has 1 aromatic carbocycles. The second kappa shape index (κ2) is 6.58. The summed E-state index contributed by atoms with van der Waals surface area (Å²) in [5.74, 6) is 0.265. The van der Waals surface area contributed by atoms with Crippen molar-refractivity contribution in [2.24, 2.45) is 0 Å². The van der Waals surface area contributed by atoms with Crippen molar-refractivity contribution in [3.05, 3.63) is 29.8 Å². The Balaban J connectivity index is 2.17. The molecular formula is C15H22N2O3S. The number of hydrogen-bond donors (Lipinski definition) is 1. The van der Waals surface area contributed by atoms with Crippen LogP contribution in [0.2, 0.25) is 0 Å². The molecule has 1 atom stereocenters. The van der Waals surface area contributed by atoms with Gasteiger partial charge in [0.05, 0.1) is 11.8 Å². The summed E-state index contributed by atoms with van der Waals surface area (Å²) in [6, 6.07) is 7.49. The lowest BCUT2D eigenvalue weighted by Gasteiger charge is -2.24. The Labute approximate surface area is 126 Å². The Morgan fingerprint density at radius 3 is 2.76 bits per heavy atom. The molecule has 5 nitrogen and oxygen atoms in total. The molecule has 1 aromatic rings. The van der Waals surface area contributed by atoms with Crippen molar-refractivity contribution in [1.82, 2.24) is 5.32 Å². The lowest BCUT2D eigenvalue weighted by molar-refractivity contribution is -0.120. The highest BCUT2D eigenvalue weighted by Gasteiger charge is 2.26. The van der Waals surface area contributed by atoms with Crippen molar-refractivity contribution >= 4 is 21.4 Å². The molecule has 1 N–H and O–H groups in total. The molecule has 0 radical (unpaired) electrons. The zero-order valence-corrected chi connectivity index (χ0v) is 13.3. The molecule has 1 heterocycles. The average molecular weight is 310 g/mol. The van der Waals surface area contributed by atoms with E-state index in [1.165, 1.54) is 0 Å². The van der Waals surface area contributed by atoms with Gasteiger partial charge in [-0.05, 0) is 25.0 Å². The third-order valence-corrected chi connectivity index (χ3v) is 5.58. The number of carbonyl (C=O) groups is 1. The SMILES string of the molecule is CCS(=O)(=O)CCCN1C(=O)C(C)NCc2ccccc21. The number of hydrogen-bond acceptors (Lipinski definition) is 4. The van der Waals surface area contributed by atoms with Gasteiger partial charge >= 0.3 is 0 Å². The molecule has 0 aliphatic carbocycles. The zero-order chi connectivity index (χ0) is 15.5. The third kappa shape index (κ3) is 3.83. The summed E-state index contributed by atoms with van der Waals surface area (Å²) in [5.41, 5.74) is 1.95. The summed E-state index contributed by atoms with van der Waals surface area (Å²) in [5, 5.41) is 3.19. The van der Waals surface area contributed by atoms with Gasteiger partial charge in [-0.3, -0.25) is 4.79 Å². The van der Waals surface area contributed by atoms with Gasteiger partial charge in [-0.2, -0.15) is 0 Å². The fourth-order valence-corrected chi connectivity index (χ4v) is 3.30. The van der Waals surface area contributed by atoms with Gasteiger partial charge in [0, 0.05) is 24.5 Å². The standard InChI is InChI=1S/C15H22N2O3S/c1-3-21(19,20)10-6-9-17-14-8-5-4-7-13(14)11-16-12(2)15(17)18/h4-5,7-8,12,16H,3,6,9-11H2,1-2H3. The smallest absolute Gasteiger partial charge is 0.243 e. The third-order valence-electron chi connectivity index (χ3n) is 3.79. The molecule has 6 heteroatoms. The molecule has 21 heavy (non-hydrogen) atoms. The number of carbonyl (C=O) groups excluding carboxylic acids is 1. The number of para-hydroxylation sites is 1. The van der Waals surface area contributed by atoms with E-state index in [0.29, 0.717) is 19.5 Å². The largest absolute Gasteiger partial charge is 0.311 e. The maximum Gasteiger partial charge on any atom is 0.243 e. The first-order valence-electron chi connectivity index (χ1n) is 7.27. The Kier molecular flexibility index (Phi) is 5.00. The van der Waals surface area contributed by atoms with E-state index in [-0.39, 0.29) is 23.5 Å². The fourth-order valence-electron chi connectivity index (χ4n) is 2.44. The molecule has 0 aromatic heterocycles. The molecule has 0 bridgehead atoms. The van der Waals surface area contributed by atoms with E-state index in [1.807, 2.05) is 31.2 Å². The first-order valence-corrected chi connectivity index (χ1v) is 9.10. The van der Waals surface area contributed by atoms with Crippen LogP contribution in [-0.4, -0.2) is 38.4 Å². The number of sulfone groups is 1. The highest BCUT2D eigenvalue weighted by molar-refractivity contribution is 7.91. The Morgan fingerprint density at radius 2 is 2.05 bits per heavy atom. The van der Waals surface area contributed by atoms with Crippen LogP contribution in [0.1, 0.15) is 25.8 Å². The molecule has 1 amide bonds. The number of anilines is 1. The molecule has 0 saturated heterocycles. The minimum atomic E-state index is -2.99. The van der Waals surface area contributed by atoms with Crippen LogP contribution in [0.15, 0.2) is 24.3 Å². The summed E-state index contributed by atoms with van der Waals surface area (Å²) < 4.78 is 23.2. The topological polar surface area (TPSA) is 66.5 Å². The first kappa shape index (κ1) is 16.0. The molecule has 0 saturated carbocycles. The summed E-state index contributed by atoms with van der Waals surface area (Å²) in [6.07, 6.45) is 0.461. The number of benzene rings is 1. The number of fused-ring (bicyclic) bond motifs is 1. The van der Waals surface area contributed by atoms with E-state index < -0.39 is 9.84 Å². The molecule has 0 fully saturated rings. The van der Waals surface area contributed by atoms with Gasteiger partial charge in [0.2, 0.25) is 5.91 Å². The minimum Gasteiger partial charge on any atom is -0.311 e. The van der Waals surface area contributed by atoms with Gasteiger partial charge < -0.3 is 10.2 Å². The van der Waals surface area contributed by atoms with E-state index in [4.69, 9.17) is 0 Å². The highest BCUT2D eigenvalue weighted by atomic mass is 32.2. The highest BCUT2D eigenvalue weighted by Crippen LogP contribution is 2.24. The number of nitrogens with one attached hydrogen (secondary N) is 1. The maximum absolute atomic E-state index is 12.4. The van der Waals surface area contributed by atoms with Crippen molar-refractivity contribution in [3.63, 3.8) is 0 Å². The van der Waals surface area contributed by atoms with E-state index in [0.717, 1.165) is 11.3 Å². The maximum atomic E-state index is 12.4. The van der Waals surface area contributed by atoms with Gasteiger partial charge in [-0.1, -0.05) is 25.1 Å². The lowest BCUT2D eigenvalue weighted by atomic mass is 10.1. The van der Waals surface area contributed by atoms with Gasteiger partial charge in [-0.25, -0.2) is 8.42 Å². The molecule has 1 aliphatic heterocycles. The second-order valence-corrected chi connectivity index (χ2v) is 7.78. The monoisotopic (exact) mass is 310 g/mol. The summed E-state index contributed by atoms with van der Waals surface area (Å²) in [4.78, 5) is 14.2. The molecule has 1 aliphatic rings. The first-order chi connectivity index (χ1) is 9.94. The van der Waals surface area contributed by atoms with Crippen molar-refractivity contribution < 1.29 is 13.2 Å². The number of nitrogens with zero attached hydrogens (tertiary/aromatic N) is 1. The van der Waals surface area contributed by atoms with Crippen LogP contribution in [0.5, 0.6) is 0 Å². The summed E-state index contributed by atoms with van der Waals surface area (Å²) in [6.45, 7) is 4.56. The van der Waals surface area contributed by atoms with Crippen LogP contribution in [0.4, 0.5) is 5.69 Å². The van der Waals surface area contributed by atoms with Gasteiger partial charge in [0.25, 0.3) is 0 Å². The predicted octanol–water partition coefficient (Wildman–Crippen LogP) is 1.34. The van der Waals surface area contributed by atoms with Gasteiger partial charge in [0.15, 0.2) is 0 Å². The minimum absolute atomic E-state index is 0.00570. The zero-order valence-electron chi connectivity index (χ0n) is 12.5. The Morgan fingerprint density at radius 1 is 1.33 bits per heavy atom. The van der Waals surface area contributed by atoms with Crippen LogP contribution in [0.3, 0.4) is 0 Å². The van der Waals surface area contributed by atoms with Crippen LogP contribution in [0, 0.1) is 0 Å². The van der Waals surface area contributed by atoms with Crippen LogP contribution < -0.4 is 10.2 Å². The average Bonchev–Trinajstić information content (AvgIpc) is 2.59. The number of rotatable bonds is 5. The lowest BCUT2D eigenvalue weighted by Crippen LogP contribution is -2.43.